The quantitative estimate of drug-likeness (QED) is 0.789. The minimum Gasteiger partial charge on any atom is -0.307 e. The molecule has 1 aliphatic rings. The smallest absolute Gasteiger partial charge is 0.295 e. The molecule has 1 aliphatic heterocycles. The van der Waals surface area contributed by atoms with Crippen LogP contribution in [0.25, 0.3) is 10.2 Å². The molecule has 0 aliphatic carbocycles. The summed E-state index contributed by atoms with van der Waals surface area (Å²) in [6.07, 6.45) is 1.91. The fraction of sp³-hybridized carbons (Fsp3) is 0.333. The van der Waals surface area contributed by atoms with Crippen LogP contribution in [0.5, 0.6) is 0 Å². The number of thiazole rings is 1. The van der Waals surface area contributed by atoms with Gasteiger partial charge < -0.3 is 4.57 Å². The number of hydrogen-bond donors (Lipinski definition) is 1. The zero-order valence-electron chi connectivity index (χ0n) is 12.4. The number of anilines is 1. The second-order valence-electron chi connectivity index (χ2n) is 5.55. The van der Waals surface area contributed by atoms with Crippen LogP contribution in [0.4, 0.5) is 5.13 Å². The molecule has 7 heteroatoms. The monoisotopic (exact) mass is 313 g/mol. The molecular weight excluding hydrogens is 298 g/mol. The van der Waals surface area contributed by atoms with Crippen LogP contribution < -0.4 is 5.32 Å². The Morgan fingerprint density at radius 2 is 2.09 bits per heavy atom. The molecular formula is C15H15N5OS. The van der Waals surface area contributed by atoms with Gasteiger partial charge in [-0.1, -0.05) is 23.5 Å². The summed E-state index contributed by atoms with van der Waals surface area (Å²) in [4.78, 5) is 17.0. The Labute approximate surface area is 131 Å². The molecule has 4 rings (SSSR count). The van der Waals surface area contributed by atoms with Crippen molar-refractivity contribution in [1.82, 2.24) is 19.7 Å². The van der Waals surface area contributed by atoms with Crippen molar-refractivity contribution in [3.05, 3.63) is 34.9 Å². The number of amides is 1. The number of nitrogens with one attached hydrogen (secondary N) is 1. The van der Waals surface area contributed by atoms with Crippen LogP contribution in [0.1, 0.15) is 34.0 Å². The van der Waals surface area contributed by atoms with Gasteiger partial charge in [-0.15, -0.1) is 10.2 Å². The number of aromatic nitrogens is 4. The normalized spacial score (nSPS) is 13.5. The number of nitrogens with zero attached hydrogens (tertiary/aromatic N) is 4. The SMILES string of the molecule is Cc1ccc(C)c2sc(NC(=O)c3nnc4n3CCC4)nc12. The lowest BCUT2D eigenvalue weighted by atomic mass is 10.1. The highest BCUT2D eigenvalue weighted by atomic mass is 32.1. The third kappa shape index (κ3) is 2.00. The van der Waals surface area contributed by atoms with Gasteiger partial charge in [0.05, 0.1) is 10.2 Å². The van der Waals surface area contributed by atoms with Gasteiger partial charge in [-0.3, -0.25) is 10.1 Å². The lowest BCUT2D eigenvalue weighted by Gasteiger charge is -2.01. The second kappa shape index (κ2) is 4.88. The first-order valence-corrected chi connectivity index (χ1v) is 8.05. The van der Waals surface area contributed by atoms with Crippen LogP contribution in [0.15, 0.2) is 12.1 Å². The summed E-state index contributed by atoms with van der Waals surface area (Å²) in [5, 5.41) is 11.5. The lowest BCUT2D eigenvalue weighted by molar-refractivity contribution is 0.101. The first kappa shape index (κ1) is 13.4. The fourth-order valence-electron chi connectivity index (χ4n) is 2.78. The Hall–Kier alpha value is -2.28. The van der Waals surface area contributed by atoms with E-state index in [1.165, 1.54) is 16.9 Å². The number of carbonyl (C=O) groups excluding carboxylic acids is 1. The van der Waals surface area contributed by atoms with E-state index in [-0.39, 0.29) is 5.91 Å². The van der Waals surface area contributed by atoms with E-state index in [0.29, 0.717) is 11.0 Å². The first-order valence-electron chi connectivity index (χ1n) is 7.23. The number of fused-ring (bicyclic) bond motifs is 2. The summed E-state index contributed by atoms with van der Waals surface area (Å²) in [7, 11) is 0. The van der Waals surface area contributed by atoms with Crippen LogP contribution in [-0.2, 0) is 13.0 Å². The maximum Gasteiger partial charge on any atom is 0.295 e. The number of aryl methyl sites for hydroxylation is 3. The summed E-state index contributed by atoms with van der Waals surface area (Å²) < 4.78 is 3.00. The Kier molecular flexibility index (Phi) is 2.97. The number of rotatable bonds is 2. The van der Waals surface area contributed by atoms with Crippen molar-refractivity contribution in [3.63, 3.8) is 0 Å². The fourth-order valence-corrected chi connectivity index (χ4v) is 3.79. The summed E-state index contributed by atoms with van der Waals surface area (Å²) >= 11 is 1.50. The minimum atomic E-state index is -0.241. The second-order valence-corrected chi connectivity index (χ2v) is 6.54. The van der Waals surface area contributed by atoms with E-state index in [2.05, 4.69) is 33.5 Å². The predicted molar refractivity (Wildman–Crippen MR) is 85.4 cm³/mol. The van der Waals surface area contributed by atoms with Crippen molar-refractivity contribution < 1.29 is 4.79 Å². The van der Waals surface area contributed by atoms with Gasteiger partial charge in [0.25, 0.3) is 5.91 Å². The average Bonchev–Trinajstić information content (AvgIpc) is 3.16. The molecule has 3 heterocycles. The number of hydrogen-bond acceptors (Lipinski definition) is 5. The highest BCUT2D eigenvalue weighted by Gasteiger charge is 2.23. The minimum absolute atomic E-state index is 0.241. The lowest BCUT2D eigenvalue weighted by Crippen LogP contribution is -2.17. The van der Waals surface area contributed by atoms with Gasteiger partial charge in [0.15, 0.2) is 5.13 Å². The van der Waals surface area contributed by atoms with Crippen LogP contribution in [0, 0.1) is 13.8 Å². The predicted octanol–water partition coefficient (Wildman–Crippen LogP) is 2.70. The molecule has 6 nitrogen and oxygen atoms in total. The molecule has 2 aromatic heterocycles. The van der Waals surface area contributed by atoms with Crippen molar-refractivity contribution in [1.29, 1.82) is 0 Å². The van der Waals surface area contributed by atoms with E-state index in [1.807, 2.05) is 17.6 Å². The van der Waals surface area contributed by atoms with Crippen molar-refractivity contribution in [2.24, 2.45) is 0 Å². The zero-order chi connectivity index (χ0) is 15.3. The molecule has 1 aromatic carbocycles. The van der Waals surface area contributed by atoms with Gasteiger partial charge in [0.2, 0.25) is 5.82 Å². The molecule has 112 valence electrons. The van der Waals surface area contributed by atoms with Gasteiger partial charge in [-0.25, -0.2) is 4.98 Å². The summed E-state index contributed by atoms with van der Waals surface area (Å²) in [5.41, 5.74) is 3.23. The zero-order valence-corrected chi connectivity index (χ0v) is 13.2. The van der Waals surface area contributed by atoms with Gasteiger partial charge >= 0.3 is 0 Å². The van der Waals surface area contributed by atoms with Crippen LogP contribution in [0.2, 0.25) is 0 Å². The Morgan fingerprint density at radius 1 is 1.27 bits per heavy atom. The third-order valence-electron chi connectivity index (χ3n) is 3.98. The highest BCUT2D eigenvalue weighted by molar-refractivity contribution is 7.22. The van der Waals surface area contributed by atoms with Crippen molar-refractivity contribution in [3.8, 4) is 0 Å². The largest absolute Gasteiger partial charge is 0.307 e. The van der Waals surface area contributed by atoms with Gasteiger partial charge in [0, 0.05) is 13.0 Å². The summed E-state index contributed by atoms with van der Waals surface area (Å²) in [6.45, 7) is 4.89. The van der Waals surface area contributed by atoms with Crippen LogP contribution >= 0.6 is 11.3 Å². The maximum atomic E-state index is 12.4. The number of carbonyl (C=O) groups is 1. The Morgan fingerprint density at radius 3 is 2.91 bits per heavy atom. The Bertz CT molecular complexity index is 856. The molecule has 0 bridgehead atoms. The molecule has 0 radical (unpaired) electrons. The first-order chi connectivity index (χ1) is 10.6. The highest BCUT2D eigenvalue weighted by Crippen LogP contribution is 2.31. The molecule has 0 atom stereocenters. The van der Waals surface area contributed by atoms with E-state index in [9.17, 15) is 4.79 Å². The molecule has 22 heavy (non-hydrogen) atoms. The van der Waals surface area contributed by atoms with Gasteiger partial charge in [-0.2, -0.15) is 0 Å². The average molecular weight is 313 g/mol. The topological polar surface area (TPSA) is 72.7 Å². The standard InChI is InChI=1S/C15H15N5OS/c1-8-5-6-9(2)12-11(8)16-15(22-12)17-14(21)13-19-18-10-4-3-7-20(10)13/h5-6H,3-4,7H2,1-2H3,(H,16,17,21). The van der Waals surface area contributed by atoms with E-state index >= 15 is 0 Å². The van der Waals surface area contributed by atoms with Crippen molar-refractivity contribution in [2.45, 2.75) is 33.2 Å². The molecule has 0 fully saturated rings. The maximum absolute atomic E-state index is 12.4. The van der Waals surface area contributed by atoms with Crippen LogP contribution in [-0.4, -0.2) is 25.7 Å². The van der Waals surface area contributed by atoms with Crippen LogP contribution in [0.3, 0.4) is 0 Å². The van der Waals surface area contributed by atoms with E-state index in [1.54, 1.807) is 0 Å². The van der Waals surface area contributed by atoms with Crippen molar-refractivity contribution in [2.75, 3.05) is 5.32 Å². The van der Waals surface area contributed by atoms with Crippen molar-refractivity contribution >= 4 is 32.6 Å². The Balaban J connectivity index is 1.67. The molecule has 1 N–H and O–H groups in total. The van der Waals surface area contributed by atoms with Gasteiger partial charge in [-0.05, 0) is 31.4 Å². The number of benzene rings is 1. The summed E-state index contributed by atoms with van der Waals surface area (Å²) in [6, 6.07) is 4.13. The molecule has 3 aromatic rings. The van der Waals surface area contributed by atoms with E-state index < -0.39 is 0 Å². The molecule has 0 saturated carbocycles. The molecule has 0 saturated heterocycles. The molecule has 0 unspecified atom stereocenters. The van der Waals surface area contributed by atoms with E-state index in [4.69, 9.17) is 0 Å². The van der Waals surface area contributed by atoms with Gasteiger partial charge in [0.1, 0.15) is 5.82 Å². The summed E-state index contributed by atoms with van der Waals surface area (Å²) in [5.74, 6) is 1.02. The van der Waals surface area contributed by atoms with E-state index in [0.717, 1.165) is 41.0 Å². The third-order valence-corrected chi connectivity index (χ3v) is 5.08. The molecule has 0 spiro atoms. The molecule has 1 amide bonds.